The van der Waals surface area contributed by atoms with Crippen molar-refractivity contribution in [1.82, 2.24) is 5.32 Å². The van der Waals surface area contributed by atoms with Gasteiger partial charge in [-0.2, -0.15) is 5.20 Å². The molecule has 1 radical (unpaired) electrons. The van der Waals surface area contributed by atoms with Gasteiger partial charge in [-0.1, -0.05) is 18.7 Å². The summed E-state index contributed by atoms with van der Waals surface area (Å²) in [5, 5.41) is 15.7. The van der Waals surface area contributed by atoms with Crippen LogP contribution in [0.1, 0.15) is 27.2 Å². The second kappa shape index (κ2) is 6.96. The third-order valence-corrected chi connectivity index (χ3v) is 7.33. The van der Waals surface area contributed by atoms with Gasteiger partial charge in [0, 0.05) is 12.1 Å². The van der Waals surface area contributed by atoms with E-state index < -0.39 is 8.07 Å². The van der Waals surface area contributed by atoms with Gasteiger partial charge in [-0.25, -0.2) is 5.20 Å². The molecule has 0 bridgehead atoms. The summed E-state index contributed by atoms with van der Waals surface area (Å²) in [5.74, 6) is 0. The minimum Gasteiger partial charge on any atom is -1.00 e. The van der Waals surface area contributed by atoms with Gasteiger partial charge in [0.1, 0.15) is 0 Å². The number of hydrogen-bond acceptors (Lipinski definition) is 2. The van der Waals surface area contributed by atoms with Gasteiger partial charge in [-0.3, -0.25) is 6.08 Å². The van der Waals surface area contributed by atoms with Gasteiger partial charge >= 0.3 is 21.7 Å². The molecule has 2 rings (SSSR count). The number of nitrogens with one attached hydrogen (secondary N) is 1. The Kier molecular flexibility index (Phi) is 8.14. The van der Waals surface area contributed by atoms with Gasteiger partial charge in [0.05, 0.1) is 0 Å². The van der Waals surface area contributed by atoms with Crippen LogP contribution in [-0.2, 0) is 21.7 Å². The molecule has 0 saturated carbocycles. The molecule has 2 aliphatic rings. The van der Waals surface area contributed by atoms with Crippen LogP contribution in [-0.4, -0.2) is 25.3 Å². The van der Waals surface area contributed by atoms with Gasteiger partial charge in [0.2, 0.25) is 0 Å². The zero-order valence-corrected chi connectivity index (χ0v) is 15.4. The van der Waals surface area contributed by atoms with E-state index in [4.69, 9.17) is 5.11 Å². The molecule has 1 aliphatic carbocycles. The molecule has 2 N–H and O–H groups in total. The van der Waals surface area contributed by atoms with Crippen molar-refractivity contribution in [2.24, 2.45) is 0 Å². The predicted molar refractivity (Wildman–Crippen MR) is 64.8 cm³/mol. The van der Waals surface area contributed by atoms with Crippen molar-refractivity contribution in [3.63, 3.8) is 0 Å². The number of hydrogen-bond donors (Lipinski definition) is 2. The zero-order chi connectivity index (χ0) is 11.3. The van der Waals surface area contributed by atoms with Gasteiger partial charge in [0.25, 0.3) is 0 Å². The molecule has 2 nitrogen and oxygen atoms in total. The summed E-state index contributed by atoms with van der Waals surface area (Å²) < 4.78 is 0. The number of aliphatic hydroxyl groups is 1. The Morgan fingerprint density at radius 3 is 2.33 bits per heavy atom. The number of allylic oxidation sites excluding steroid dienone is 3. The topological polar surface area (TPSA) is 32.3 Å². The molecule has 1 heterocycles. The molecule has 0 amide bonds. The molecule has 0 aromatic rings. The fourth-order valence-corrected chi connectivity index (χ4v) is 6.43. The van der Waals surface area contributed by atoms with Crippen molar-refractivity contribution in [1.29, 1.82) is 0 Å². The van der Waals surface area contributed by atoms with Crippen LogP contribution >= 0.6 is 0 Å². The standard InChI is InChI=1S/C12H20NOSi.2ClH.Ti/c1-12(2,3)13-9-5-6-10-11(9)15(10,4)8-7-14;;;/h13-14H,5,7-8H2,1-4H3;2*1H;/q-1;;;+3/p-2. The molecule has 6 heteroatoms. The van der Waals surface area contributed by atoms with Crippen molar-refractivity contribution in [3.8, 4) is 0 Å². The summed E-state index contributed by atoms with van der Waals surface area (Å²) in [4.78, 5) is 0. The van der Waals surface area contributed by atoms with E-state index >= 15 is 0 Å². The second-order valence-corrected chi connectivity index (χ2v) is 9.93. The summed E-state index contributed by atoms with van der Waals surface area (Å²) in [7, 11) is -1.34. The molecule has 0 aromatic carbocycles. The number of rotatable bonds is 3. The third kappa shape index (κ3) is 3.87. The first-order valence-electron chi connectivity index (χ1n) is 5.63. The summed E-state index contributed by atoms with van der Waals surface area (Å²) in [6, 6.07) is 0.972. The van der Waals surface area contributed by atoms with Gasteiger partial charge in [-0.05, 0) is 34.9 Å². The Morgan fingerprint density at radius 1 is 1.33 bits per heavy atom. The first-order chi connectivity index (χ1) is 6.88. The smallest absolute Gasteiger partial charge is 1.00 e. The summed E-state index contributed by atoms with van der Waals surface area (Å²) in [6.07, 6.45) is 4.43. The monoisotopic (exact) mass is 340 g/mol. The van der Waals surface area contributed by atoms with E-state index in [0.29, 0.717) is 6.61 Å². The maximum atomic E-state index is 9.07. The summed E-state index contributed by atoms with van der Waals surface area (Å²) >= 11 is 0. The van der Waals surface area contributed by atoms with Gasteiger partial charge in [-0.15, -0.1) is 0 Å². The fraction of sp³-hybridized carbons (Fsp3) is 0.667. The van der Waals surface area contributed by atoms with Gasteiger partial charge in [0.15, 0.2) is 0 Å². The summed E-state index contributed by atoms with van der Waals surface area (Å²) in [6.45, 7) is 9.22. The van der Waals surface area contributed by atoms with Crippen LogP contribution in [0.5, 0.6) is 0 Å². The number of aliphatic hydroxyl groups excluding tert-OH is 1. The first kappa shape index (κ1) is 21.1. The SMILES string of the molecule is CC(C)(C)NC1=C2C(=[C-]C1)[Si]2(C)CCO.[Cl-].[Cl-].[Ti+3]. The van der Waals surface area contributed by atoms with Crippen LogP contribution in [0.3, 0.4) is 0 Å². The maximum absolute atomic E-state index is 9.07. The Bertz CT molecular complexity index is 366. The van der Waals surface area contributed by atoms with Crippen LogP contribution in [0.25, 0.3) is 0 Å². The molecule has 1 unspecified atom stereocenters. The third-order valence-electron chi connectivity index (χ3n) is 3.17. The molecule has 0 aromatic heterocycles. The van der Waals surface area contributed by atoms with Crippen LogP contribution in [0.15, 0.2) is 16.1 Å². The van der Waals surface area contributed by atoms with Crippen LogP contribution < -0.4 is 30.1 Å². The molecule has 0 spiro atoms. The van der Waals surface area contributed by atoms with E-state index in [9.17, 15) is 0 Å². The minimum absolute atomic E-state index is 0. The molecule has 1 fully saturated rings. The molecule has 1 aliphatic heterocycles. The largest absolute Gasteiger partial charge is 3.00 e. The average molecular weight is 341 g/mol. The predicted octanol–water partition coefficient (Wildman–Crippen LogP) is -4.07. The van der Waals surface area contributed by atoms with Crippen LogP contribution in [0, 0.1) is 6.08 Å². The van der Waals surface area contributed by atoms with Crippen molar-refractivity contribution in [3.05, 3.63) is 22.2 Å². The van der Waals surface area contributed by atoms with Crippen molar-refractivity contribution in [2.45, 2.75) is 45.3 Å². The van der Waals surface area contributed by atoms with Gasteiger partial charge < -0.3 is 35.2 Å². The maximum Gasteiger partial charge on any atom is 3.00 e. The van der Waals surface area contributed by atoms with Crippen molar-refractivity contribution in [2.75, 3.05) is 6.61 Å². The number of fused-ring (bicyclic) bond motifs is 1. The Morgan fingerprint density at radius 2 is 1.89 bits per heavy atom. The zero-order valence-electron chi connectivity index (χ0n) is 11.3. The average Bonchev–Trinajstić information content (AvgIpc) is 2.47. The molecule has 1 saturated heterocycles. The molecular weight excluding hydrogens is 321 g/mol. The van der Waals surface area contributed by atoms with E-state index in [-0.39, 0.29) is 52.1 Å². The first-order valence-corrected chi connectivity index (χ1v) is 8.33. The van der Waals surface area contributed by atoms with E-state index in [0.717, 1.165) is 12.5 Å². The van der Waals surface area contributed by atoms with E-state index in [1.807, 2.05) is 0 Å². The Balaban J connectivity index is 0. The second-order valence-electron chi connectivity index (χ2n) is 5.76. The van der Waals surface area contributed by atoms with Crippen LogP contribution in [0.4, 0.5) is 0 Å². The fourth-order valence-electron chi connectivity index (χ4n) is 2.48. The van der Waals surface area contributed by atoms with Crippen molar-refractivity contribution < 1.29 is 51.6 Å². The molecule has 1 atom stereocenters. The molecular formula is C12H20Cl2NOSiTi. The molecule has 101 valence electrons. The quantitative estimate of drug-likeness (QED) is 0.405. The Labute approximate surface area is 138 Å². The summed E-state index contributed by atoms with van der Waals surface area (Å²) in [5.41, 5.74) is 1.51. The van der Waals surface area contributed by atoms with E-state index in [1.165, 1.54) is 10.9 Å². The van der Waals surface area contributed by atoms with E-state index in [1.54, 1.807) is 5.20 Å². The molecule has 18 heavy (non-hydrogen) atoms. The van der Waals surface area contributed by atoms with Crippen LogP contribution in [0.2, 0.25) is 12.6 Å². The van der Waals surface area contributed by atoms with E-state index in [2.05, 4.69) is 38.7 Å². The van der Waals surface area contributed by atoms with Crippen molar-refractivity contribution >= 4 is 8.07 Å². The Hall–Kier alpha value is 0.751. The normalized spacial score (nSPS) is 24.2. The number of halogens is 2. The minimum atomic E-state index is -1.34.